The molecule has 8 nitrogen and oxygen atoms in total. The molecule has 0 spiro atoms. The Balaban J connectivity index is 1.36. The van der Waals surface area contributed by atoms with Crippen LogP contribution in [0, 0.1) is 0 Å². The summed E-state index contributed by atoms with van der Waals surface area (Å²) >= 11 is 1.40. The number of nitrogens with zero attached hydrogens (tertiary/aromatic N) is 4. The van der Waals surface area contributed by atoms with Crippen molar-refractivity contribution in [2.75, 3.05) is 18.1 Å². The van der Waals surface area contributed by atoms with Crippen molar-refractivity contribution in [2.45, 2.75) is 67.6 Å². The van der Waals surface area contributed by atoms with Gasteiger partial charge >= 0.3 is 0 Å². The van der Waals surface area contributed by atoms with Gasteiger partial charge in [0, 0.05) is 30.7 Å². The number of nitrogens with one attached hydrogen (secondary N) is 1. The van der Waals surface area contributed by atoms with Gasteiger partial charge in [-0.15, -0.1) is 10.2 Å². The van der Waals surface area contributed by atoms with E-state index in [4.69, 9.17) is 0 Å². The molecule has 0 atom stereocenters. The molecule has 0 bridgehead atoms. The molecule has 162 valence electrons. The Kier molecular flexibility index (Phi) is 5.91. The van der Waals surface area contributed by atoms with Crippen LogP contribution in [0.15, 0.2) is 34.3 Å². The van der Waals surface area contributed by atoms with Crippen molar-refractivity contribution in [1.29, 1.82) is 0 Å². The molecule has 0 radical (unpaired) electrons. The maximum absolute atomic E-state index is 12.5. The molecule has 1 amide bonds. The van der Waals surface area contributed by atoms with Gasteiger partial charge in [-0.25, -0.2) is 8.42 Å². The Morgan fingerprint density at radius 1 is 1.20 bits per heavy atom. The summed E-state index contributed by atoms with van der Waals surface area (Å²) in [6.07, 6.45) is 4.65. The normalized spacial score (nSPS) is 17.0. The van der Waals surface area contributed by atoms with E-state index in [0.717, 1.165) is 23.8 Å². The summed E-state index contributed by atoms with van der Waals surface area (Å²) in [6, 6.07) is 6.61. The van der Waals surface area contributed by atoms with Crippen LogP contribution in [0.1, 0.15) is 57.3 Å². The molecular weight excluding hydrogens is 422 g/mol. The molecule has 0 aliphatic heterocycles. The Morgan fingerprint density at radius 3 is 2.43 bits per heavy atom. The zero-order valence-electron chi connectivity index (χ0n) is 17.4. The number of carbonyl (C=O) groups is 1. The van der Waals surface area contributed by atoms with Crippen LogP contribution in [0.25, 0.3) is 0 Å². The second-order valence-electron chi connectivity index (χ2n) is 8.19. The van der Waals surface area contributed by atoms with Gasteiger partial charge in [0.1, 0.15) is 5.82 Å². The molecule has 10 heteroatoms. The van der Waals surface area contributed by atoms with E-state index in [1.807, 2.05) is 13.8 Å². The quantitative estimate of drug-likeness (QED) is 0.590. The van der Waals surface area contributed by atoms with E-state index in [-0.39, 0.29) is 22.6 Å². The number of benzene rings is 1. The lowest BCUT2D eigenvalue weighted by Gasteiger charge is -2.21. The van der Waals surface area contributed by atoms with Gasteiger partial charge in [-0.1, -0.05) is 11.8 Å². The summed E-state index contributed by atoms with van der Waals surface area (Å²) in [7, 11) is -1.98. The first-order valence-electron chi connectivity index (χ1n) is 10.2. The third-order valence-electron chi connectivity index (χ3n) is 5.42. The molecule has 0 saturated heterocycles. The second kappa shape index (κ2) is 8.32. The smallest absolute Gasteiger partial charge is 0.243 e. The summed E-state index contributed by atoms with van der Waals surface area (Å²) in [4.78, 5) is 12.6. The Hall–Kier alpha value is -1.91. The molecule has 1 heterocycles. The summed E-state index contributed by atoms with van der Waals surface area (Å²) in [5, 5.41) is 12.3. The van der Waals surface area contributed by atoms with Crippen LogP contribution in [0.3, 0.4) is 0 Å². The molecule has 1 N–H and O–H groups in total. The maximum atomic E-state index is 12.5. The number of thioether (sulfide) groups is 1. The highest BCUT2D eigenvalue weighted by Gasteiger charge is 2.36. The first-order chi connectivity index (χ1) is 14.3. The largest absolute Gasteiger partial charge is 0.325 e. The van der Waals surface area contributed by atoms with Gasteiger partial charge in [-0.3, -0.25) is 4.79 Å². The van der Waals surface area contributed by atoms with Gasteiger partial charge in [0.15, 0.2) is 5.16 Å². The maximum Gasteiger partial charge on any atom is 0.243 e. The van der Waals surface area contributed by atoms with E-state index >= 15 is 0 Å². The topological polar surface area (TPSA) is 97.2 Å². The van der Waals surface area contributed by atoms with E-state index in [9.17, 15) is 13.2 Å². The third kappa shape index (κ3) is 4.55. The highest BCUT2D eigenvalue weighted by molar-refractivity contribution is 7.99. The molecule has 0 unspecified atom stereocenters. The van der Waals surface area contributed by atoms with Crippen LogP contribution in [-0.4, -0.2) is 52.2 Å². The Labute approximate surface area is 181 Å². The lowest BCUT2D eigenvalue weighted by molar-refractivity contribution is -0.113. The Morgan fingerprint density at radius 2 is 1.87 bits per heavy atom. The van der Waals surface area contributed by atoms with Crippen LogP contribution in [0.5, 0.6) is 0 Å². The highest BCUT2D eigenvalue weighted by atomic mass is 32.2. The monoisotopic (exact) mass is 449 g/mol. The zero-order valence-corrected chi connectivity index (χ0v) is 19.0. The molecule has 2 fully saturated rings. The predicted octanol–water partition coefficient (Wildman–Crippen LogP) is 3.25. The fourth-order valence-electron chi connectivity index (χ4n) is 3.16. The van der Waals surface area contributed by atoms with Crippen molar-refractivity contribution in [3.8, 4) is 0 Å². The van der Waals surface area contributed by atoms with E-state index in [1.54, 1.807) is 19.2 Å². The second-order valence-corrected chi connectivity index (χ2v) is 11.1. The number of sulfonamides is 1. The average Bonchev–Trinajstić information content (AvgIpc) is 3.64. The van der Waals surface area contributed by atoms with Crippen LogP contribution in [0.4, 0.5) is 5.69 Å². The molecule has 2 aliphatic rings. The molecule has 4 rings (SSSR count). The Bertz CT molecular complexity index is 1030. The van der Waals surface area contributed by atoms with Crippen molar-refractivity contribution < 1.29 is 13.2 Å². The number of carbonyl (C=O) groups excluding carboxylic acids is 1. The molecule has 2 aliphatic carbocycles. The number of aromatic nitrogens is 3. The van der Waals surface area contributed by atoms with Crippen molar-refractivity contribution in [3.63, 3.8) is 0 Å². The van der Waals surface area contributed by atoms with E-state index in [2.05, 4.69) is 20.1 Å². The fourth-order valence-corrected chi connectivity index (χ4v) is 5.34. The van der Waals surface area contributed by atoms with Crippen LogP contribution in [-0.2, 0) is 14.8 Å². The van der Waals surface area contributed by atoms with E-state index in [0.29, 0.717) is 17.6 Å². The average molecular weight is 450 g/mol. The predicted molar refractivity (Wildman–Crippen MR) is 116 cm³/mol. The number of hydrogen-bond donors (Lipinski definition) is 1. The van der Waals surface area contributed by atoms with Gasteiger partial charge in [0.2, 0.25) is 15.9 Å². The van der Waals surface area contributed by atoms with Crippen molar-refractivity contribution in [2.24, 2.45) is 0 Å². The summed E-state index contributed by atoms with van der Waals surface area (Å²) in [5.74, 6) is 1.67. The molecule has 1 aromatic heterocycles. The molecule has 30 heavy (non-hydrogen) atoms. The molecule has 2 saturated carbocycles. The third-order valence-corrected chi connectivity index (χ3v) is 8.41. The standard InChI is InChI=1S/C20H27N5O3S2/c1-13(2)24(3)30(27,28)17-10-6-15(7-11-17)21-18(26)12-29-20-23-22-19(14-4-5-14)25(20)16-8-9-16/h6-7,10-11,13-14,16H,4-5,8-9,12H2,1-3H3,(H,21,26). The first kappa shape index (κ1) is 21.3. The number of anilines is 1. The number of amides is 1. The first-order valence-corrected chi connectivity index (χ1v) is 12.7. The van der Waals surface area contributed by atoms with Crippen molar-refractivity contribution in [3.05, 3.63) is 30.1 Å². The fraction of sp³-hybridized carbons (Fsp3) is 0.550. The number of rotatable bonds is 9. The summed E-state index contributed by atoms with van der Waals surface area (Å²) in [6.45, 7) is 3.64. The van der Waals surface area contributed by atoms with Crippen molar-refractivity contribution in [1.82, 2.24) is 19.1 Å². The number of hydrogen-bond acceptors (Lipinski definition) is 6. The summed E-state index contributed by atoms with van der Waals surface area (Å²) in [5.41, 5.74) is 0.564. The van der Waals surface area contributed by atoms with E-state index < -0.39 is 10.0 Å². The lowest BCUT2D eigenvalue weighted by atomic mass is 10.3. The van der Waals surface area contributed by atoms with Gasteiger partial charge < -0.3 is 9.88 Å². The van der Waals surface area contributed by atoms with E-state index in [1.165, 1.54) is 41.0 Å². The minimum atomic E-state index is -3.54. The van der Waals surface area contributed by atoms with Gasteiger partial charge in [0.05, 0.1) is 10.6 Å². The SMILES string of the molecule is CC(C)N(C)S(=O)(=O)c1ccc(NC(=O)CSc2nnc(C3CC3)n2C2CC2)cc1. The lowest BCUT2D eigenvalue weighted by Crippen LogP contribution is -2.33. The minimum Gasteiger partial charge on any atom is -0.325 e. The highest BCUT2D eigenvalue weighted by Crippen LogP contribution is 2.45. The summed E-state index contributed by atoms with van der Waals surface area (Å²) < 4.78 is 28.6. The van der Waals surface area contributed by atoms with Gasteiger partial charge in [0.25, 0.3) is 0 Å². The zero-order chi connectivity index (χ0) is 21.5. The van der Waals surface area contributed by atoms with Crippen LogP contribution >= 0.6 is 11.8 Å². The van der Waals surface area contributed by atoms with Gasteiger partial charge in [-0.2, -0.15) is 4.31 Å². The van der Waals surface area contributed by atoms with Crippen LogP contribution < -0.4 is 5.32 Å². The van der Waals surface area contributed by atoms with Gasteiger partial charge in [-0.05, 0) is 63.8 Å². The molecule has 2 aromatic rings. The molecular formula is C20H27N5O3S2. The van der Waals surface area contributed by atoms with Crippen molar-refractivity contribution >= 4 is 33.4 Å². The minimum absolute atomic E-state index is 0.135. The van der Waals surface area contributed by atoms with Crippen LogP contribution in [0.2, 0.25) is 0 Å². The molecule has 1 aromatic carbocycles.